The van der Waals surface area contributed by atoms with Crippen molar-refractivity contribution in [3.05, 3.63) is 22.9 Å². The highest BCUT2D eigenvalue weighted by molar-refractivity contribution is 9.10. The molecule has 0 spiro atoms. The molecule has 0 amide bonds. The Labute approximate surface area is 101 Å². The zero-order chi connectivity index (χ0) is 11.1. The third kappa shape index (κ3) is 1.75. The van der Waals surface area contributed by atoms with Gasteiger partial charge in [0.2, 0.25) is 0 Å². The molecule has 1 aliphatic rings. The minimum absolute atomic E-state index is 0.178. The Hall–Kier alpha value is -1.23. The van der Waals surface area contributed by atoms with Gasteiger partial charge in [0.15, 0.2) is 5.75 Å². The lowest BCUT2D eigenvalue weighted by molar-refractivity contribution is 0.302. The highest BCUT2D eigenvalue weighted by Gasteiger charge is 2.23. The summed E-state index contributed by atoms with van der Waals surface area (Å²) in [5.74, 6) is 1.52. The quantitative estimate of drug-likeness (QED) is 0.941. The normalized spacial score (nSPS) is 15.6. The Balaban J connectivity index is 1.97. The minimum atomic E-state index is 0.178. The van der Waals surface area contributed by atoms with Crippen LogP contribution in [0.15, 0.2) is 22.9 Å². The van der Waals surface area contributed by atoms with Gasteiger partial charge in [-0.05, 0) is 40.8 Å². The van der Waals surface area contributed by atoms with Crippen molar-refractivity contribution in [1.29, 1.82) is 0 Å². The fourth-order valence-electron chi connectivity index (χ4n) is 1.64. The second kappa shape index (κ2) is 3.66. The third-order valence-corrected chi connectivity index (χ3v) is 3.13. The van der Waals surface area contributed by atoms with Crippen molar-refractivity contribution in [2.75, 3.05) is 6.61 Å². The van der Waals surface area contributed by atoms with Crippen LogP contribution in [-0.4, -0.2) is 21.3 Å². The average molecular weight is 283 g/mol. The molecule has 2 aromatic rings. The largest absolute Gasteiger partial charge is 0.505 e. The molecule has 0 saturated heterocycles. The second-order valence-corrected chi connectivity index (χ2v) is 5.02. The van der Waals surface area contributed by atoms with Crippen molar-refractivity contribution in [3.63, 3.8) is 0 Å². The first-order valence-corrected chi connectivity index (χ1v) is 6.02. The molecule has 0 aromatic carbocycles. The van der Waals surface area contributed by atoms with Crippen molar-refractivity contribution in [3.8, 4) is 11.5 Å². The van der Waals surface area contributed by atoms with E-state index in [2.05, 4.69) is 21.0 Å². The molecule has 1 aliphatic carbocycles. The molecular weight excluding hydrogens is 272 g/mol. The maximum Gasteiger partial charge on any atom is 0.168 e. The predicted molar refractivity (Wildman–Crippen MR) is 62.8 cm³/mol. The number of halogens is 1. The van der Waals surface area contributed by atoms with Crippen LogP contribution >= 0.6 is 15.9 Å². The number of hydrogen-bond acceptors (Lipinski definition) is 3. The van der Waals surface area contributed by atoms with Gasteiger partial charge >= 0.3 is 0 Å². The van der Waals surface area contributed by atoms with Crippen LogP contribution in [0.3, 0.4) is 0 Å². The van der Waals surface area contributed by atoms with E-state index >= 15 is 0 Å². The van der Waals surface area contributed by atoms with Crippen LogP contribution in [0.1, 0.15) is 12.8 Å². The Morgan fingerprint density at radius 3 is 3.12 bits per heavy atom. The third-order valence-electron chi connectivity index (χ3n) is 2.70. The lowest BCUT2D eigenvalue weighted by Crippen LogP contribution is -1.98. The van der Waals surface area contributed by atoms with Crippen molar-refractivity contribution in [2.45, 2.75) is 12.8 Å². The summed E-state index contributed by atoms with van der Waals surface area (Å²) in [6, 6.07) is 1.64. The molecule has 1 N–H and O–H groups in total. The van der Waals surface area contributed by atoms with Crippen molar-refractivity contribution < 1.29 is 9.84 Å². The maximum absolute atomic E-state index is 9.83. The number of hydrogen-bond donors (Lipinski definition) is 1. The van der Waals surface area contributed by atoms with Crippen LogP contribution in [0.4, 0.5) is 0 Å². The van der Waals surface area contributed by atoms with Gasteiger partial charge in [-0.2, -0.15) is 5.10 Å². The molecular formula is C11H11BrN2O2. The molecule has 4 nitrogen and oxygen atoms in total. The van der Waals surface area contributed by atoms with E-state index in [9.17, 15) is 5.11 Å². The fourth-order valence-corrected chi connectivity index (χ4v) is 2.05. The number of aromatic hydroxyl groups is 1. The summed E-state index contributed by atoms with van der Waals surface area (Å²) in [7, 11) is 0. The van der Waals surface area contributed by atoms with Gasteiger partial charge in [0.25, 0.3) is 0 Å². The average Bonchev–Trinajstić information content (AvgIpc) is 2.96. The van der Waals surface area contributed by atoms with Gasteiger partial charge in [0, 0.05) is 10.7 Å². The molecule has 1 fully saturated rings. The zero-order valence-corrected chi connectivity index (χ0v) is 10.1. The molecule has 2 heterocycles. The summed E-state index contributed by atoms with van der Waals surface area (Å²) < 4.78 is 8.04. The van der Waals surface area contributed by atoms with Crippen LogP contribution in [0.25, 0.3) is 5.52 Å². The van der Waals surface area contributed by atoms with Gasteiger partial charge in [-0.25, -0.2) is 4.52 Å². The number of pyridine rings is 1. The van der Waals surface area contributed by atoms with E-state index in [0.29, 0.717) is 17.2 Å². The van der Waals surface area contributed by atoms with Crippen molar-refractivity contribution in [1.82, 2.24) is 9.61 Å². The molecule has 5 heteroatoms. The van der Waals surface area contributed by atoms with E-state index in [4.69, 9.17) is 4.74 Å². The zero-order valence-electron chi connectivity index (χ0n) is 8.56. The maximum atomic E-state index is 9.83. The van der Waals surface area contributed by atoms with Gasteiger partial charge in [0.1, 0.15) is 11.3 Å². The van der Waals surface area contributed by atoms with E-state index < -0.39 is 0 Å². The molecule has 2 aromatic heterocycles. The number of fused-ring (bicyclic) bond motifs is 1. The summed E-state index contributed by atoms with van der Waals surface area (Å²) in [6.07, 6.45) is 5.93. The lowest BCUT2D eigenvalue weighted by Gasteiger charge is -2.04. The van der Waals surface area contributed by atoms with Gasteiger partial charge in [-0.1, -0.05) is 0 Å². The van der Waals surface area contributed by atoms with Crippen molar-refractivity contribution >= 4 is 21.4 Å². The number of nitrogens with zero attached hydrogens (tertiary/aromatic N) is 2. The minimum Gasteiger partial charge on any atom is -0.505 e. The lowest BCUT2D eigenvalue weighted by atomic mass is 10.3. The van der Waals surface area contributed by atoms with E-state index in [-0.39, 0.29) is 5.75 Å². The summed E-state index contributed by atoms with van der Waals surface area (Å²) in [5, 5.41) is 14.0. The van der Waals surface area contributed by atoms with Crippen LogP contribution in [0.2, 0.25) is 0 Å². The van der Waals surface area contributed by atoms with Crippen LogP contribution in [0.5, 0.6) is 11.5 Å². The Morgan fingerprint density at radius 1 is 1.56 bits per heavy atom. The molecule has 16 heavy (non-hydrogen) atoms. The number of ether oxygens (including phenoxy) is 1. The number of aromatic nitrogens is 2. The highest BCUT2D eigenvalue weighted by atomic mass is 79.9. The first kappa shape index (κ1) is 9.96. The molecule has 84 valence electrons. The van der Waals surface area contributed by atoms with E-state index in [0.717, 1.165) is 11.1 Å². The van der Waals surface area contributed by atoms with E-state index in [1.807, 2.05) is 0 Å². The van der Waals surface area contributed by atoms with Crippen LogP contribution < -0.4 is 4.74 Å². The fraction of sp³-hybridized carbons (Fsp3) is 0.364. The Bertz CT molecular complexity index is 534. The summed E-state index contributed by atoms with van der Waals surface area (Å²) in [6.45, 7) is 0.719. The first-order valence-electron chi connectivity index (χ1n) is 5.22. The van der Waals surface area contributed by atoms with E-state index in [1.165, 1.54) is 12.8 Å². The first-order chi connectivity index (χ1) is 7.74. The molecule has 1 saturated carbocycles. The molecule has 3 rings (SSSR count). The van der Waals surface area contributed by atoms with Crippen LogP contribution in [-0.2, 0) is 0 Å². The molecule has 0 radical (unpaired) electrons. The summed E-state index contributed by atoms with van der Waals surface area (Å²) in [4.78, 5) is 0. The van der Waals surface area contributed by atoms with Gasteiger partial charge in [-0.3, -0.25) is 0 Å². The van der Waals surface area contributed by atoms with Gasteiger partial charge in [0.05, 0.1) is 12.8 Å². The Morgan fingerprint density at radius 2 is 2.38 bits per heavy atom. The molecule has 0 atom stereocenters. The highest BCUT2D eigenvalue weighted by Crippen LogP contribution is 2.33. The standard InChI is InChI=1S/C11H11BrN2O2/c12-8-3-9(15)11-10(4-13-14(11)5-8)16-6-7-1-2-7/h3-5,7,15H,1-2,6H2. The molecule has 0 bridgehead atoms. The predicted octanol–water partition coefficient (Wildman–Crippen LogP) is 2.59. The Kier molecular flexibility index (Phi) is 2.28. The molecule has 0 unspecified atom stereocenters. The van der Waals surface area contributed by atoms with Crippen LogP contribution in [0, 0.1) is 5.92 Å². The summed E-state index contributed by atoms with van der Waals surface area (Å²) in [5.41, 5.74) is 0.629. The SMILES string of the molecule is Oc1cc(Br)cn2ncc(OCC3CC3)c12. The number of rotatable bonds is 3. The smallest absolute Gasteiger partial charge is 0.168 e. The second-order valence-electron chi connectivity index (χ2n) is 4.10. The topological polar surface area (TPSA) is 46.8 Å². The van der Waals surface area contributed by atoms with Gasteiger partial charge < -0.3 is 9.84 Å². The monoisotopic (exact) mass is 282 g/mol. The van der Waals surface area contributed by atoms with E-state index in [1.54, 1.807) is 23.0 Å². The summed E-state index contributed by atoms with van der Waals surface area (Å²) >= 11 is 3.30. The van der Waals surface area contributed by atoms with Gasteiger partial charge in [-0.15, -0.1) is 0 Å². The molecule has 0 aliphatic heterocycles. The van der Waals surface area contributed by atoms with Crippen molar-refractivity contribution in [2.24, 2.45) is 5.92 Å².